The molecule has 3 nitrogen and oxygen atoms in total. The lowest BCUT2D eigenvalue weighted by molar-refractivity contribution is 0.0195. The van der Waals surface area contributed by atoms with Gasteiger partial charge < -0.3 is 10.5 Å². The Hall–Kier alpha value is -0.570. The van der Waals surface area contributed by atoms with E-state index in [9.17, 15) is 0 Å². The molecular weight excluding hydrogens is 188 g/mol. The fraction of sp³-hybridized carbons (Fsp3) is 0.917. The zero-order chi connectivity index (χ0) is 11.3. The van der Waals surface area contributed by atoms with Crippen LogP contribution in [-0.2, 0) is 4.74 Å². The molecule has 0 saturated heterocycles. The molecule has 1 saturated carbocycles. The minimum absolute atomic E-state index is 0.214. The highest BCUT2D eigenvalue weighted by molar-refractivity contribution is 5.82. The zero-order valence-electron chi connectivity index (χ0n) is 10.0. The zero-order valence-corrected chi connectivity index (χ0v) is 10.0. The SMILES string of the molecule is CC(C)(CCOC1CCCCC1)C(=N)N. The molecular formula is C12H24N2O. The molecule has 0 radical (unpaired) electrons. The normalized spacial score (nSPS) is 19.1. The van der Waals surface area contributed by atoms with Gasteiger partial charge in [-0.2, -0.15) is 0 Å². The van der Waals surface area contributed by atoms with Crippen molar-refractivity contribution in [3.8, 4) is 0 Å². The topological polar surface area (TPSA) is 59.1 Å². The third kappa shape index (κ3) is 4.20. The number of ether oxygens (including phenoxy) is 1. The summed E-state index contributed by atoms with van der Waals surface area (Å²) in [6.07, 6.45) is 7.70. The maximum atomic E-state index is 7.44. The van der Waals surface area contributed by atoms with E-state index in [0.29, 0.717) is 6.10 Å². The van der Waals surface area contributed by atoms with Gasteiger partial charge in [0, 0.05) is 12.0 Å². The van der Waals surface area contributed by atoms with Crippen molar-refractivity contribution in [2.45, 2.75) is 58.5 Å². The summed E-state index contributed by atoms with van der Waals surface area (Å²) in [6, 6.07) is 0. The molecule has 0 aliphatic heterocycles. The van der Waals surface area contributed by atoms with E-state index in [4.69, 9.17) is 15.9 Å². The van der Waals surface area contributed by atoms with Gasteiger partial charge in [-0.15, -0.1) is 0 Å². The molecule has 1 aliphatic carbocycles. The minimum Gasteiger partial charge on any atom is -0.387 e. The summed E-state index contributed by atoms with van der Waals surface area (Å²) in [4.78, 5) is 0. The summed E-state index contributed by atoms with van der Waals surface area (Å²) in [5, 5.41) is 7.44. The van der Waals surface area contributed by atoms with Crippen LogP contribution in [0.1, 0.15) is 52.4 Å². The molecule has 15 heavy (non-hydrogen) atoms. The average Bonchev–Trinajstić information content (AvgIpc) is 2.19. The van der Waals surface area contributed by atoms with E-state index in [2.05, 4.69) is 0 Å². The Bertz CT molecular complexity index is 208. The number of nitrogens with one attached hydrogen (secondary N) is 1. The molecule has 88 valence electrons. The van der Waals surface area contributed by atoms with Gasteiger partial charge in [-0.1, -0.05) is 33.1 Å². The molecule has 0 aromatic rings. The molecule has 3 N–H and O–H groups in total. The lowest BCUT2D eigenvalue weighted by Gasteiger charge is -2.26. The molecule has 0 heterocycles. The maximum Gasteiger partial charge on any atom is 0.0963 e. The van der Waals surface area contributed by atoms with E-state index < -0.39 is 0 Å². The van der Waals surface area contributed by atoms with E-state index in [1.807, 2.05) is 13.8 Å². The van der Waals surface area contributed by atoms with E-state index in [0.717, 1.165) is 13.0 Å². The fourth-order valence-electron chi connectivity index (χ4n) is 1.85. The second kappa shape index (κ2) is 5.50. The third-order valence-electron chi connectivity index (χ3n) is 3.36. The summed E-state index contributed by atoms with van der Waals surface area (Å²) in [5.74, 6) is 0.259. The van der Waals surface area contributed by atoms with Crippen LogP contribution in [0.25, 0.3) is 0 Å². The van der Waals surface area contributed by atoms with Crippen molar-refractivity contribution in [3.63, 3.8) is 0 Å². The summed E-state index contributed by atoms with van der Waals surface area (Å²) in [5.41, 5.74) is 5.30. The highest BCUT2D eigenvalue weighted by atomic mass is 16.5. The van der Waals surface area contributed by atoms with Gasteiger partial charge >= 0.3 is 0 Å². The quantitative estimate of drug-likeness (QED) is 0.543. The van der Waals surface area contributed by atoms with Crippen LogP contribution in [0.15, 0.2) is 0 Å². The van der Waals surface area contributed by atoms with Gasteiger partial charge in [0.15, 0.2) is 0 Å². The van der Waals surface area contributed by atoms with Crippen LogP contribution in [0.3, 0.4) is 0 Å². The number of amidine groups is 1. The van der Waals surface area contributed by atoms with Crippen molar-refractivity contribution in [2.75, 3.05) is 6.61 Å². The van der Waals surface area contributed by atoms with Crippen LogP contribution in [0.4, 0.5) is 0 Å². The van der Waals surface area contributed by atoms with Crippen molar-refractivity contribution in [1.29, 1.82) is 5.41 Å². The van der Waals surface area contributed by atoms with Crippen molar-refractivity contribution < 1.29 is 4.74 Å². The number of hydrogen-bond donors (Lipinski definition) is 2. The van der Waals surface area contributed by atoms with Crippen molar-refractivity contribution in [3.05, 3.63) is 0 Å². The molecule has 0 amide bonds. The molecule has 0 unspecified atom stereocenters. The first-order chi connectivity index (χ1) is 7.02. The fourth-order valence-corrected chi connectivity index (χ4v) is 1.85. The van der Waals surface area contributed by atoms with E-state index >= 15 is 0 Å². The Morgan fingerprint density at radius 3 is 2.47 bits per heavy atom. The highest BCUT2D eigenvalue weighted by Gasteiger charge is 2.22. The molecule has 1 fully saturated rings. The van der Waals surface area contributed by atoms with Crippen LogP contribution in [0.5, 0.6) is 0 Å². The predicted octanol–water partition coefficient (Wildman–Crippen LogP) is 2.69. The van der Waals surface area contributed by atoms with Gasteiger partial charge in [0.1, 0.15) is 0 Å². The standard InChI is InChI=1S/C12H24N2O/c1-12(2,11(13)14)8-9-15-10-6-4-3-5-7-10/h10H,3-9H2,1-2H3,(H3,13,14). The van der Waals surface area contributed by atoms with E-state index in [1.165, 1.54) is 32.1 Å². The molecule has 1 rings (SSSR count). The Morgan fingerprint density at radius 1 is 1.33 bits per heavy atom. The first-order valence-electron chi connectivity index (χ1n) is 5.98. The van der Waals surface area contributed by atoms with E-state index in [1.54, 1.807) is 0 Å². The van der Waals surface area contributed by atoms with Crippen LogP contribution in [0, 0.1) is 10.8 Å². The Kier molecular flexibility index (Phi) is 4.58. The van der Waals surface area contributed by atoms with Crippen molar-refractivity contribution in [2.24, 2.45) is 11.1 Å². The number of nitrogens with two attached hydrogens (primary N) is 1. The molecule has 0 bridgehead atoms. The molecule has 3 heteroatoms. The molecule has 0 aromatic heterocycles. The molecule has 0 spiro atoms. The molecule has 0 atom stereocenters. The van der Waals surface area contributed by atoms with Gasteiger partial charge in [0.05, 0.1) is 11.9 Å². The number of rotatable bonds is 5. The van der Waals surface area contributed by atoms with Gasteiger partial charge in [0.25, 0.3) is 0 Å². The molecule has 1 aliphatic rings. The van der Waals surface area contributed by atoms with Crippen LogP contribution < -0.4 is 5.73 Å². The summed E-state index contributed by atoms with van der Waals surface area (Å²) >= 11 is 0. The van der Waals surface area contributed by atoms with Gasteiger partial charge in [-0.05, 0) is 19.3 Å². The number of hydrogen-bond acceptors (Lipinski definition) is 2. The van der Waals surface area contributed by atoms with Crippen LogP contribution >= 0.6 is 0 Å². The Balaban J connectivity index is 2.17. The predicted molar refractivity (Wildman–Crippen MR) is 63.1 cm³/mol. The highest BCUT2D eigenvalue weighted by Crippen LogP contribution is 2.23. The second-order valence-corrected chi connectivity index (χ2v) is 5.18. The van der Waals surface area contributed by atoms with Gasteiger partial charge in [0.2, 0.25) is 0 Å². The largest absolute Gasteiger partial charge is 0.387 e. The summed E-state index contributed by atoms with van der Waals surface area (Å²) in [6.45, 7) is 4.73. The summed E-state index contributed by atoms with van der Waals surface area (Å²) < 4.78 is 5.82. The van der Waals surface area contributed by atoms with Crippen LogP contribution in [0.2, 0.25) is 0 Å². The van der Waals surface area contributed by atoms with Gasteiger partial charge in [-0.3, -0.25) is 5.41 Å². The van der Waals surface area contributed by atoms with E-state index in [-0.39, 0.29) is 11.3 Å². The first kappa shape index (κ1) is 12.5. The monoisotopic (exact) mass is 212 g/mol. The Morgan fingerprint density at radius 2 is 1.93 bits per heavy atom. The first-order valence-corrected chi connectivity index (χ1v) is 5.98. The summed E-state index contributed by atoms with van der Waals surface area (Å²) in [7, 11) is 0. The smallest absolute Gasteiger partial charge is 0.0963 e. The minimum atomic E-state index is -0.214. The third-order valence-corrected chi connectivity index (χ3v) is 3.36. The Labute approximate surface area is 92.9 Å². The van der Waals surface area contributed by atoms with Gasteiger partial charge in [-0.25, -0.2) is 0 Å². The molecule has 0 aromatic carbocycles. The van der Waals surface area contributed by atoms with Crippen molar-refractivity contribution >= 4 is 5.84 Å². The van der Waals surface area contributed by atoms with Crippen LogP contribution in [-0.4, -0.2) is 18.5 Å². The average molecular weight is 212 g/mol. The lowest BCUT2D eigenvalue weighted by atomic mass is 9.88. The second-order valence-electron chi connectivity index (χ2n) is 5.18. The van der Waals surface area contributed by atoms with Crippen molar-refractivity contribution in [1.82, 2.24) is 0 Å². The lowest BCUT2D eigenvalue weighted by Crippen LogP contribution is -2.32. The maximum absolute atomic E-state index is 7.44.